The molecule has 0 aliphatic heterocycles. The molecule has 0 fully saturated rings. The minimum Gasteiger partial charge on any atom is -0.462 e. The molecule has 0 bridgehead atoms. The molecule has 0 saturated carbocycles. The molecule has 2 rings (SSSR count). The number of nitrogens with zero attached hydrogens (tertiary/aromatic N) is 1. The fourth-order valence-corrected chi connectivity index (χ4v) is 1.77. The van der Waals surface area contributed by atoms with E-state index < -0.39 is 0 Å². The highest BCUT2D eigenvalue weighted by molar-refractivity contribution is 6.03. The Balaban J connectivity index is 1.94. The zero-order valence-corrected chi connectivity index (χ0v) is 12.4. The number of carbonyl (C=O) groups excluding carboxylic acids is 2. The van der Waals surface area contributed by atoms with Crippen LogP contribution in [0.15, 0.2) is 48.7 Å². The molecule has 1 aromatic carbocycles. The number of nitrogens with one attached hydrogen (secondary N) is 1. The molecule has 0 unspecified atom stereocenters. The number of pyridine rings is 1. The zero-order chi connectivity index (χ0) is 15.8. The lowest BCUT2D eigenvalue weighted by atomic mass is 10.2. The topological polar surface area (TPSA) is 68.3 Å². The van der Waals surface area contributed by atoms with E-state index in [0.717, 1.165) is 12.8 Å². The number of hydrogen-bond donors (Lipinski definition) is 1. The highest BCUT2D eigenvalue weighted by Gasteiger charge is 2.09. The summed E-state index contributed by atoms with van der Waals surface area (Å²) in [6, 6.07) is 11.7. The van der Waals surface area contributed by atoms with E-state index in [4.69, 9.17) is 4.74 Å². The van der Waals surface area contributed by atoms with Gasteiger partial charge in [0.2, 0.25) is 0 Å². The van der Waals surface area contributed by atoms with Crippen LogP contribution in [0, 0.1) is 0 Å². The SMILES string of the molecule is CCCCOC(=O)c1ccc(NC(=O)c2ccccn2)cc1. The number of aromatic nitrogens is 1. The van der Waals surface area contributed by atoms with E-state index in [2.05, 4.69) is 10.3 Å². The lowest BCUT2D eigenvalue weighted by molar-refractivity contribution is 0.0499. The van der Waals surface area contributed by atoms with Gasteiger partial charge in [0.05, 0.1) is 12.2 Å². The maximum atomic E-state index is 11.9. The number of carbonyl (C=O) groups is 2. The van der Waals surface area contributed by atoms with E-state index in [0.29, 0.717) is 23.6 Å². The number of rotatable bonds is 6. The van der Waals surface area contributed by atoms with Crippen LogP contribution in [-0.2, 0) is 4.74 Å². The Labute approximate surface area is 129 Å². The molecule has 0 atom stereocenters. The van der Waals surface area contributed by atoms with Crippen LogP contribution in [0.3, 0.4) is 0 Å². The predicted octanol–water partition coefficient (Wildman–Crippen LogP) is 3.29. The summed E-state index contributed by atoms with van der Waals surface area (Å²) in [7, 11) is 0. The quantitative estimate of drug-likeness (QED) is 0.656. The Morgan fingerprint density at radius 1 is 1.14 bits per heavy atom. The van der Waals surface area contributed by atoms with Gasteiger partial charge >= 0.3 is 5.97 Å². The molecule has 22 heavy (non-hydrogen) atoms. The van der Waals surface area contributed by atoms with E-state index in [1.54, 1.807) is 48.7 Å². The Bertz CT molecular complexity index is 624. The fourth-order valence-electron chi connectivity index (χ4n) is 1.77. The summed E-state index contributed by atoms with van der Waals surface area (Å²) in [6.45, 7) is 2.46. The van der Waals surface area contributed by atoms with E-state index in [1.807, 2.05) is 6.92 Å². The van der Waals surface area contributed by atoms with Crippen molar-refractivity contribution in [2.45, 2.75) is 19.8 Å². The van der Waals surface area contributed by atoms with Crippen LogP contribution >= 0.6 is 0 Å². The summed E-state index contributed by atoms with van der Waals surface area (Å²) in [5.41, 5.74) is 1.40. The smallest absolute Gasteiger partial charge is 0.338 e. The van der Waals surface area contributed by atoms with E-state index in [1.165, 1.54) is 0 Å². The first-order chi connectivity index (χ1) is 10.7. The number of benzene rings is 1. The molecule has 5 heteroatoms. The minimum atomic E-state index is -0.351. The Morgan fingerprint density at radius 2 is 1.91 bits per heavy atom. The molecule has 0 spiro atoms. The predicted molar refractivity (Wildman–Crippen MR) is 83.8 cm³/mol. The molecular weight excluding hydrogens is 280 g/mol. The third-order valence-electron chi connectivity index (χ3n) is 3.01. The van der Waals surface area contributed by atoms with Crippen LogP contribution in [-0.4, -0.2) is 23.5 Å². The number of unbranched alkanes of at least 4 members (excludes halogenated alkanes) is 1. The highest BCUT2D eigenvalue weighted by atomic mass is 16.5. The normalized spacial score (nSPS) is 10.0. The standard InChI is InChI=1S/C17H18N2O3/c1-2-3-12-22-17(21)13-7-9-14(10-8-13)19-16(20)15-6-4-5-11-18-15/h4-11H,2-3,12H2,1H3,(H,19,20). The molecule has 0 saturated heterocycles. The summed E-state index contributed by atoms with van der Waals surface area (Å²) in [6.07, 6.45) is 3.39. The second-order valence-corrected chi connectivity index (χ2v) is 4.74. The van der Waals surface area contributed by atoms with Crippen molar-refractivity contribution in [2.24, 2.45) is 0 Å². The number of anilines is 1. The van der Waals surface area contributed by atoms with Crippen LogP contribution in [0.2, 0.25) is 0 Å². The van der Waals surface area contributed by atoms with Gasteiger partial charge in [-0.3, -0.25) is 9.78 Å². The number of hydrogen-bond acceptors (Lipinski definition) is 4. The van der Waals surface area contributed by atoms with Crippen molar-refractivity contribution < 1.29 is 14.3 Å². The molecule has 0 aliphatic rings. The zero-order valence-electron chi connectivity index (χ0n) is 12.4. The lowest BCUT2D eigenvalue weighted by Gasteiger charge is -2.06. The molecule has 1 aromatic heterocycles. The number of esters is 1. The highest BCUT2D eigenvalue weighted by Crippen LogP contribution is 2.12. The third-order valence-corrected chi connectivity index (χ3v) is 3.01. The van der Waals surface area contributed by atoms with Gasteiger partial charge in [-0.15, -0.1) is 0 Å². The molecule has 1 N–H and O–H groups in total. The second-order valence-electron chi connectivity index (χ2n) is 4.74. The van der Waals surface area contributed by atoms with Crippen molar-refractivity contribution in [3.63, 3.8) is 0 Å². The van der Waals surface area contributed by atoms with Crippen molar-refractivity contribution in [1.82, 2.24) is 4.98 Å². The number of ether oxygens (including phenoxy) is 1. The van der Waals surface area contributed by atoms with E-state index in [-0.39, 0.29) is 11.9 Å². The summed E-state index contributed by atoms with van der Waals surface area (Å²) in [4.78, 5) is 27.7. The fraction of sp³-hybridized carbons (Fsp3) is 0.235. The molecule has 114 valence electrons. The summed E-state index contributed by atoms with van der Waals surface area (Å²) >= 11 is 0. The van der Waals surface area contributed by atoms with Gasteiger partial charge in [0.25, 0.3) is 5.91 Å². The van der Waals surface area contributed by atoms with Gasteiger partial charge in [-0.25, -0.2) is 4.79 Å². The summed E-state index contributed by atoms with van der Waals surface area (Å²) in [5, 5.41) is 2.72. The van der Waals surface area contributed by atoms with Gasteiger partial charge in [-0.05, 0) is 42.8 Å². The van der Waals surface area contributed by atoms with Gasteiger partial charge < -0.3 is 10.1 Å². The van der Waals surface area contributed by atoms with Crippen molar-refractivity contribution in [3.8, 4) is 0 Å². The first kappa shape index (κ1) is 15.7. The molecule has 2 aromatic rings. The maximum absolute atomic E-state index is 11.9. The summed E-state index contributed by atoms with van der Waals surface area (Å²) < 4.78 is 5.12. The van der Waals surface area contributed by atoms with Gasteiger partial charge in [-0.1, -0.05) is 19.4 Å². The van der Waals surface area contributed by atoms with Crippen LogP contribution in [0.1, 0.15) is 40.6 Å². The minimum absolute atomic E-state index is 0.293. The first-order valence-corrected chi connectivity index (χ1v) is 7.20. The van der Waals surface area contributed by atoms with Gasteiger partial charge in [-0.2, -0.15) is 0 Å². The Kier molecular flexibility index (Phi) is 5.65. The van der Waals surface area contributed by atoms with Crippen LogP contribution in [0.4, 0.5) is 5.69 Å². The van der Waals surface area contributed by atoms with Gasteiger partial charge in [0, 0.05) is 11.9 Å². The van der Waals surface area contributed by atoms with Crippen LogP contribution in [0.25, 0.3) is 0 Å². The monoisotopic (exact) mass is 298 g/mol. The molecule has 1 heterocycles. The molecule has 0 aliphatic carbocycles. The lowest BCUT2D eigenvalue weighted by Crippen LogP contribution is -2.13. The molecule has 0 radical (unpaired) electrons. The molecule has 5 nitrogen and oxygen atoms in total. The Morgan fingerprint density at radius 3 is 2.55 bits per heavy atom. The average molecular weight is 298 g/mol. The van der Waals surface area contributed by atoms with Gasteiger partial charge in [0.15, 0.2) is 0 Å². The molecule has 1 amide bonds. The third kappa shape index (κ3) is 4.41. The van der Waals surface area contributed by atoms with Crippen LogP contribution < -0.4 is 5.32 Å². The van der Waals surface area contributed by atoms with E-state index >= 15 is 0 Å². The van der Waals surface area contributed by atoms with E-state index in [9.17, 15) is 9.59 Å². The first-order valence-electron chi connectivity index (χ1n) is 7.20. The van der Waals surface area contributed by atoms with Crippen molar-refractivity contribution >= 4 is 17.6 Å². The summed E-state index contributed by atoms with van der Waals surface area (Å²) in [5.74, 6) is -0.644. The number of amides is 1. The van der Waals surface area contributed by atoms with Crippen LogP contribution in [0.5, 0.6) is 0 Å². The van der Waals surface area contributed by atoms with Gasteiger partial charge in [0.1, 0.15) is 5.69 Å². The van der Waals surface area contributed by atoms with Crippen molar-refractivity contribution in [1.29, 1.82) is 0 Å². The van der Waals surface area contributed by atoms with Crippen molar-refractivity contribution in [2.75, 3.05) is 11.9 Å². The maximum Gasteiger partial charge on any atom is 0.338 e. The average Bonchev–Trinajstić information content (AvgIpc) is 2.56. The Hall–Kier alpha value is -2.69. The van der Waals surface area contributed by atoms with Crippen molar-refractivity contribution in [3.05, 3.63) is 59.9 Å². The second kappa shape index (κ2) is 7.93. The largest absolute Gasteiger partial charge is 0.462 e. The molecular formula is C17H18N2O3.